The fourth-order valence-electron chi connectivity index (χ4n) is 1.12. The first-order valence-electron chi connectivity index (χ1n) is 4.60. The van der Waals surface area contributed by atoms with Gasteiger partial charge in [0.2, 0.25) is 6.20 Å². The Morgan fingerprint density at radius 2 is 2.00 bits per heavy atom. The zero-order valence-corrected chi connectivity index (χ0v) is 9.83. The molecule has 1 aromatic carbocycles. The standard InChI is InChI=1S/C11H8BrN3O/c12-10-5-3-9(4-6-10)11(16)14-15-8-2-1-7-13-15/h1-8H. The zero-order valence-electron chi connectivity index (χ0n) is 8.25. The van der Waals surface area contributed by atoms with Gasteiger partial charge in [0.25, 0.3) is 0 Å². The van der Waals surface area contributed by atoms with Crippen LogP contribution in [0.2, 0.25) is 0 Å². The van der Waals surface area contributed by atoms with Crippen LogP contribution < -0.4 is 9.90 Å². The van der Waals surface area contributed by atoms with Crippen LogP contribution in [-0.4, -0.2) is 11.0 Å². The number of benzene rings is 1. The number of halogens is 1. The molecule has 0 spiro atoms. The number of nitrogens with zero attached hydrogens (tertiary/aromatic N) is 3. The van der Waals surface area contributed by atoms with Gasteiger partial charge >= 0.3 is 0 Å². The van der Waals surface area contributed by atoms with Gasteiger partial charge in [-0.15, -0.1) is 0 Å². The maximum Gasteiger partial charge on any atom is 0.233 e. The zero-order chi connectivity index (χ0) is 11.4. The molecule has 4 nitrogen and oxygen atoms in total. The molecule has 0 saturated heterocycles. The monoisotopic (exact) mass is 277 g/mol. The lowest BCUT2D eigenvalue weighted by atomic mass is 10.2. The van der Waals surface area contributed by atoms with Crippen LogP contribution >= 0.6 is 15.9 Å². The third kappa shape index (κ3) is 2.64. The van der Waals surface area contributed by atoms with Crippen LogP contribution in [0, 0.1) is 0 Å². The molecule has 16 heavy (non-hydrogen) atoms. The second-order valence-electron chi connectivity index (χ2n) is 3.03. The van der Waals surface area contributed by atoms with Crippen LogP contribution in [0.25, 0.3) is 0 Å². The van der Waals surface area contributed by atoms with Gasteiger partial charge in [0, 0.05) is 20.7 Å². The number of rotatable bonds is 2. The SMILES string of the molecule is [O-]C(=N[n+]1ccccn1)c1ccc(Br)cc1. The highest BCUT2D eigenvalue weighted by Crippen LogP contribution is 2.09. The quantitative estimate of drug-likeness (QED) is 0.461. The van der Waals surface area contributed by atoms with E-state index in [4.69, 9.17) is 0 Å². The summed E-state index contributed by atoms with van der Waals surface area (Å²) in [5.41, 5.74) is 0.529. The number of hydrogen-bond donors (Lipinski definition) is 0. The summed E-state index contributed by atoms with van der Waals surface area (Å²) < 4.78 is 0.925. The predicted molar refractivity (Wildman–Crippen MR) is 60.5 cm³/mol. The van der Waals surface area contributed by atoms with Crippen LogP contribution in [-0.2, 0) is 0 Å². The van der Waals surface area contributed by atoms with Crippen molar-refractivity contribution in [1.82, 2.24) is 5.10 Å². The lowest BCUT2D eigenvalue weighted by molar-refractivity contribution is -0.739. The van der Waals surface area contributed by atoms with Crippen LogP contribution in [0.15, 0.2) is 58.4 Å². The van der Waals surface area contributed by atoms with E-state index in [9.17, 15) is 5.11 Å². The fraction of sp³-hybridized carbons (Fsp3) is 0. The van der Waals surface area contributed by atoms with Crippen LogP contribution in [0.4, 0.5) is 0 Å². The molecular weight excluding hydrogens is 270 g/mol. The summed E-state index contributed by atoms with van der Waals surface area (Å²) in [6.07, 6.45) is 3.18. The van der Waals surface area contributed by atoms with Crippen molar-refractivity contribution < 1.29 is 9.90 Å². The summed E-state index contributed by atoms with van der Waals surface area (Å²) in [7, 11) is 0. The molecule has 0 aliphatic heterocycles. The van der Waals surface area contributed by atoms with Gasteiger partial charge in [-0.1, -0.05) is 28.1 Å². The molecule has 0 radical (unpaired) electrons. The Bertz CT molecular complexity index is 496. The maximum absolute atomic E-state index is 11.7. The highest BCUT2D eigenvalue weighted by atomic mass is 79.9. The average molecular weight is 278 g/mol. The normalized spacial score (nSPS) is 11.4. The van der Waals surface area contributed by atoms with Crippen molar-refractivity contribution in [1.29, 1.82) is 0 Å². The molecule has 0 atom stereocenters. The van der Waals surface area contributed by atoms with E-state index in [2.05, 4.69) is 26.1 Å². The Hall–Kier alpha value is -1.75. The Balaban J connectivity index is 2.28. The minimum Gasteiger partial charge on any atom is -0.854 e. The van der Waals surface area contributed by atoms with Crippen molar-refractivity contribution in [3.05, 3.63) is 58.8 Å². The maximum atomic E-state index is 11.7. The molecule has 5 heteroatoms. The Kier molecular flexibility index (Phi) is 3.26. The molecule has 0 unspecified atom stereocenters. The summed E-state index contributed by atoms with van der Waals surface area (Å²) in [4.78, 5) is 1.24. The average Bonchev–Trinajstić information content (AvgIpc) is 2.31. The molecule has 0 fully saturated rings. The number of aromatic nitrogens is 2. The first kappa shape index (κ1) is 10.8. The Morgan fingerprint density at radius 3 is 2.62 bits per heavy atom. The van der Waals surface area contributed by atoms with Gasteiger partial charge in [-0.3, -0.25) is 0 Å². The minimum absolute atomic E-state index is 0.323. The summed E-state index contributed by atoms with van der Waals surface area (Å²) >= 11 is 3.30. The lowest BCUT2D eigenvalue weighted by Gasteiger charge is -2.05. The first-order chi connectivity index (χ1) is 7.75. The van der Waals surface area contributed by atoms with Crippen LogP contribution in [0.3, 0.4) is 0 Å². The molecule has 1 heterocycles. The molecule has 0 aliphatic carbocycles. The Morgan fingerprint density at radius 1 is 1.25 bits per heavy atom. The molecule has 0 saturated carbocycles. The smallest absolute Gasteiger partial charge is 0.233 e. The van der Waals surface area contributed by atoms with Gasteiger partial charge in [-0.25, -0.2) is 0 Å². The molecule has 80 valence electrons. The topological polar surface area (TPSA) is 52.2 Å². The molecule has 0 aliphatic rings. The van der Waals surface area contributed by atoms with Crippen molar-refractivity contribution in [3.63, 3.8) is 0 Å². The van der Waals surface area contributed by atoms with Gasteiger partial charge in [0.1, 0.15) is 0 Å². The summed E-state index contributed by atoms with van der Waals surface area (Å²) in [6, 6.07) is 10.5. The summed E-state index contributed by atoms with van der Waals surface area (Å²) in [5, 5.41) is 19.4. The summed E-state index contributed by atoms with van der Waals surface area (Å²) in [6.45, 7) is 0. The van der Waals surface area contributed by atoms with Crippen molar-refractivity contribution >= 4 is 21.8 Å². The van der Waals surface area contributed by atoms with E-state index in [1.54, 1.807) is 48.8 Å². The van der Waals surface area contributed by atoms with Crippen molar-refractivity contribution in [3.8, 4) is 0 Å². The second-order valence-corrected chi connectivity index (χ2v) is 3.95. The van der Waals surface area contributed by atoms with Gasteiger partial charge in [0.05, 0.1) is 16.9 Å². The van der Waals surface area contributed by atoms with Crippen molar-refractivity contribution in [2.24, 2.45) is 5.10 Å². The molecule has 0 amide bonds. The molecule has 0 bridgehead atoms. The van der Waals surface area contributed by atoms with Crippen LogP contribution in [0.5, 0.6) is 0 Å². The van der Waals surface area contributed by atoms with E-state index in [1.165, 1.54) is 4.79 Å². The van der Waals surface area contributed by atoms with E-state index in [-0.39, 0.29) is 5.90 Å². The number of hydrogen-bond acceptors (Lipinski definition) is 3. The molecular formula is C11H8BrN3O. The second kappa shape index (κ2) is 4.85. The Labute approximate surface area is 101 Å². The third-order valence-electron chi connectivity index (χ3n) is 1.89. The van der Waals surface area contributed by atoms with E-state index in [0.717, 1.165) is 4.47 Å². The van der Waals surface area contributed by atoms with Gasteiger partial charge in [-0.05, 0) is 23.8 Å². The van der Waals surface area contributed by atoms with E-state index in [0.29, 0.717) is 5.56 Å². The van der Waals surface area contributed by atoms with Crippen molar-refractivity contribution in [2.45, 2.75) is 0 Å². The molecule has 0 N–H and O–H groups in total. The van der Waals surface area contributed by atoms with Gasteiger partial charge in [0.15, 0.2) is 0 Å². The first-order valence-corrected chi connectivity index (χ1v) is 5.40. The van der Waals surface area contributed by atoms with Crippen LogP contribution in [0.1, 0.15) is 5.56 Å². The third-order valence-corrected chi connectivity index (χ3v) is 2.41. The fourth-order valence-corrected chi connectivity index (χ4v) is 1.39. The highest BCUT2D eigenvalue weighted by molar-refractivity contribution is 9.10. The predicted octanol–water partition coefficient (Wildman–Crippen LogP) is 0.702. The van der Waals surface area contributed by atoms with Crippen molar-refractivity contribution in [2.75, 3.05) is 0 Å². The molecule has 2 aromatic rings. The lowest BCUT2D eigenvalue weighted by Crippen LogP contribution is -2.36. The van der Waals surface area contributed by atoms with E-state index in [1.807, 2.05) is 0 Å². The summed E-state index contributed by atoms with van der Waals surface area (Å²) in [5.74, 6) is -0.323. The highest BCUT2D eigenvalue weighted by Gasteiger charge is 1.98. The largest absolute Gasteiger partial charge is 0.854 e. The minimum atomic E-state index is -0.323. The molecule has 2 rings (SSSR count). The van der Waals surface area contributed by atoms with E-state index >= 15 is 0 Å². The van der Waals surface area contributed by atoms with Gasteiger partial charge in [-0.2, -0.15) is 0 Å². The van der Waals surface area contributed by atoms with Gasteiger partial charge < -0.3 is 5.11 Å². The van der Waals surface area contributed by atoms with E-state index < -0.39 is 0 Å². The molecule has 1 aromatic heterocycles.